The molecule has 0 atom stereocenters. The molecular formula is C14H23ClN2. The SMILES string of the molecule is Cc1ccc(CN(C)CCNC(C)C)cc1Cl. The van der Waals surface area contributed by atoms with Gasteiger partial charge in [0.15, 0.2) is 0 Å². The Morgan fingerprint density at radius 3 is 2.65 bits per heavy atom. The predicted octanol–water partition coefficient (Wildman–Crippen LogP) is 3.08. The lowest BCUT2D eigenvalue weighted by Gasteiger charge is -2.18. The maximum Gasteiger partial charge on any atom is 0.0438 e. The first-order chi connectivity index (χ1) is 7.99. The van der Waals surface area contributed by atoms with Crippen LogP contribution in [0.5, 0.6) is 0 Å². The van der Waals surface area contributed by atoms with Crippen LogP contribution < -0.4 is 5.32 Å². The van der Waals surface area contributed by atoms with E-state index in [1.54, 1.807) is 0 Å². The third kappa shape index (κ3) is 5.53. The van der Waals surface area contributed by atoms with Gasteiger partial charge in [0.2, 0.25) is 0 Å². The van der Waals surface area contributed by atoms with Crippen LogP contribution in [-0.2, 0) is 6.54 Å². The number of hydrogen-bond acceptors (Lipinski definition) is 2. The standard InChI is InChI=1S/C14H23ClN2/c1-11(2)16-7-8-17(4)10-13-6-5-12(3)14(15)9-13/h5-6,9,11,16H,7-8,10H2,1-4H3. The van der Waals surface area contributed by atoms with E-state index in [9.17, 15) is 0 Å². The molecule has 96 valence electrons. The highest BCUT2D eigenvalue weighted by Gasteiger charge is 2.02. The van der Waals surface area contributed by atoms with Crippen molar-refractivity contribution in [2.45, 2.75) is 33.4 Å². The molecule has 0 radical (unpaired) electrons. The average molecular weight is 255 g/mol. The summed E-state index contributed by atoms with van der Waals surface area (Å²) in [6.45, 7) is 9.37. The summed E-state index contributed by atoms with van der Waals surface area (Å²) in [7, 11) is 2.13. The number of hydrogen-bond donors (Lipinski definition) is 1. The van der Waals surface area contributed by atoms with Crippen LogP contribution in [0, 0.1) is 6.92 Å². The van der Waals surface area contributed by atoms with Crippen LogP contribution in [0.2, 0.25) is 5.02 Å². The number of nitrogens with zero attached hydrogens (tertiary/aromatic N) is 1. The summed E-state index contributed by atoms with van der Waals surface area (Å²) in [5.74, 6) is 0. The van der Waals surface area contributed by atoms with E-state index >= 15 is 0 Å². The Bertz CT molecular complexity index is 350. The number of aryl methyl sites for hydroxylation is 1. The minimum Gasteiger partial charge on any atom is -0.313 e. The molecule has 0 aliphatic carbocycles. The van der Waals surface area contributed by atoms with Gasteiger partial charge in [-0.25, -0.2) is 0 Å². The van der Waals surface area contributed by atoms with Crippen LogP contribution in [0.1, 0.15) is 25.0 Å². The summed E-state index contributed by atoms with van der Waals surface area (Å²) in [5.41, 5.74) is 2.41. The van der Waals surface area contributed by atoms with Crippen LogP contribution in [0.3, 0.4) is 0 Å². The largest absolute Gasteiger partial charge is 0.313 e. The van der Waals surface area contributed by atoms with Gasteiger partial charge in [-0.05, 0) is 31.2 Å². The van der Waals surface area contributed by atoms with Gasteiger partial charge in [0, 0.05) is 30.7 Å². The number of benzene rings is 1. The Hall–Kier alpha value is -0.570. The normalized spacial score (nSPS) is 11.5. The fourth-order valence-corrected chi connectivity index (χ4v) is 1.87. The lowest BCUT2D eigenvalue weighted by molar-refractivity contribution is 0.320. The highest BCUT2D eigenvalue weighted by molar-refractivity contribution is 6.31. The zero-order chi connectivity index (χ0) is 12.8. The molecule has 1 N–H and O–H groups in total. The quantitative estimate of drug-likeness (QED) is 0.839. The van der Waals surface area contributed by atoms with Crippen LogP contribution in [-0.4, -0.2) is 31.1 Å². The fraction of sp³-hybridized carbons (Fsp3) is 0.571. The Kier molecular flexibility index (Phi) is 5.96. The van der Waals surface area contributed by atoms with Crippen LogP contribution in [0.4, 0.5) is 0 Å². The molecule has 1 aromatic carbocycles. The molecule has 0 aromatic heterocycles. The van der Waals surface area contributed by atoms with Gasteiger partial charge in [-0.1, -0.05) is 37.6 Å². The van der Waals surface area contributed by atoms with Crippen molar-refractivity contribution in [1.29, 1.82) is 0 Å². The molecule has 0 fully saturated rings. The maximum atomic E-state index is 6.11. The molecule has 0 aliphatic rings. The van der Waals surface area contributed by atoms with E-state index in [-0.39, 0.29) is 0 Å². The lowest BCUT2D eigenvalue weighted by atomic mass is 10.1. The zero-order valence-electron chi connectivity index (χ0n) is 11.3. The van der Waals surface area contributed by atoms with E-state index in [0.717, 1.165) is 30.2 Å². The Morgan fingerprint density at radius 1 is 1.35 bits per heavy atom. The van der Waals surface area contributed by atoms with Gasteiger partial charge in [-0.15, -0.1) is 0 Å². The second-order valence-electron chi connectivity index (χ2n) is 4.93. The third-order valence-electron chi connectivity index (χ3n) is 2.73. The molecule has 2 nitrogen and oxygen atoms in total. The smallest absolute Gasteiger partial charge is 0.0438 e. The first kappa shape index (κ1) is 14.5. The summed E-state index contributed by atoms with van der Waals surface area (Å²) in [6, 6.07) is 6.84. The zero-order valence-corrected chi connectivity index (χ0v) is 12.0. The second kappa shape index (κ2) is 7.00. The highest BCUT2D eigenvalue weighted by Crippen LogP contribution is 2.17. The van der Waals surface area contributed by atoms with E-state index in [0.29, 0.717) is 6.04 Å². The van der Waals surface area contributed by atoms with Gasteiger partial charge < -0.3 is 10.2 Å². The molecule has 0 bridgehead atoms. The van der Waals surface area contributed by atoms with Crippen molar-refractivity contribution < 1.29 is 0 Å². The molecule has 1 rings (SSSR count). The topological polar surface area (TPSA) is 15.3 Å². The van der Waals surface area contributed by atoms with Crippen LogP contribution in [0.15, 0.2) is 18.2 Å². The average Bonchev–Trinajstić information content (AvgIpc) is 2.23. The molecule has 0 saturated carbocycles. The van der Waals surface area contributed by atoms with E-state index < -0.39 is 0 Å². The van der Waals surface area contributed by atoms with Crippen molar-refractivity contribution >= 4 is 11.6 Å². The first-order valence-electron chi connectivity index (χ1n) is 6.16. The Balaban J connectivity index is 2.39. The minimum atomic E-state index is 0.553. The summed E-state index contributed by atoms with van der Waals surface area (Å²) in [6.07, 6.45) is 0. The first-order valence-corrected chi connectivity index (χ1v) is 6.54. The summed E-state index contributed by atoms with van der Waals surface area (Å²) in [5, 5.41) is 4.27. The number of halogens is 1. The van der Waals surface area contributed by atoms with E-state index in [1.807, 2.05) is 6.92 Å². The van der Waals surface area contributed by atoms with Gasteiger partial charge in [0.1, 0.15) is 0 Å². The lowest BCUT2D eigenvalue weighted by Crippen LogP contribution is -2.32. The van der Waals surface area contributed by atoms with E-state index in [4.69, 9.17) is 11.6 Å². The van der Waals surface area contributed by atoms with Crippen LogP contribution >= 0.6 is 11.6 Å². The van der Waals surface area contributed by atoms with Crippen molar-refractivity contribution in [3.8, 4) is 0 Å². The van der Waals surface area contributed by atoms with Gasteiger partial charge in [-0.2, -0.15) is 0 Å². The predicted molar refractivity (Wildman–Crippen MR) is 75.7 cm³/mol. The summed E-state index contributed by atoms with van der Waals surface area (Å²) >= 11 is 6.11. The van der Waals surface area contributed by atoms with Crippen molar-refractivity contribution in [3.05, 3.63) is 34.3 Å². The summed E-state index contributed by atoms with van der Waals surface area (Å²) < 4.78 is 0. The summed E-state index contributed by atoms with van der Waals surface area (Å²) in [4.78, 5) is 2.30. The number of nitrogens with one attached hydrogen (secondary N) is 1. The molecule has 0 amide bonds. The second-order valence-corrected chi connectivity index (χ2v) is 5.34. The molecule has 0 aliphatic heterocycles. The van der Waals surface area contributed by atoms with Gasteiger partial charge in [0.05, 0.1) is 0 Å². The minimum absolute atomic E-state index is 0.553. The van der Waals surface area contributed by atoms with Crippen molar-refractivity contribution in [3.63, 3.8) is 0 Å². The maximum absolute atomic E-state index is 6.11. The van der Waals surface area contributed by atoms with Gasteiger partial charge in [-0.3, -0.25) is 0 Å². The Labute approximate surface area is 110 Å². The molecule has 0 unspecified atom stereocenters. The number of rotatable bonds is 6. The van der Waals surface area contributed by atoms with Crippen molar-refractivity contribution in [1.82, 2.24) is 10.2 Å². The third-order valence-corrected chi connectivity index (χ3v) is 3.14. The van der Waals surface area contributed by atoms with Crippen LogP contribution in [0.25, 0.3) is 0 Å². The molecular weight excluding hydrogens is 232 g/mol. The van der Waals surface area contributed by atoms with Crippen molar-refractivity contribution in [2.75, 3.05) is 20.1 Å². The monoisotopic (exact) mass is 254 g/mol. The van der Waals surface area contributed by atoms with Crippen molar-refractivity contribution in [2.24, 2.45) is 0 Å². The fourth-order valence-electron chi connectivity index (χ4n) is 1.67. The molecule has 3 heteroatoms. The number of likely N-dealkylation sites (N-methyl/N-ethyl adjacent to an activating group) is 1. The molecule has 1 aromatic rings. The molecule has 0 saturated heterocycles. The molecule has 17 heavy (non-hydrogen) atoms. The van der Waals surface area contributed by atoms with Gasteiger partial charge >= 0.3 is 0 Å². The molecule has 0 heterocycles. The van der Waals surface area contributed by atoms with Gasteiger partial charge in [0.25, 0.3) is 0 Å². The highest BCUT2D eigenvalue weighted by atomic mass is 35.5. The van der Waals surface area contributed by atoms with E-state index in [2.05, 4.69) is 49.3 Å². The van der Waals surface area contributed by atoms with E-state index in [1.165, 1.54) is 5.56 Å². The molecule has 0 spiro atoms. The Morgan fingerprint density at radius 2 is 2.06 bits per heavy atom.